The van der Waals surface area contributed by atoms with Gasteiger partial charge in [0.25, 0.3) is 0 Å². The maximum Gasteiger partial charge on any atom is 0.310 e. The van der Waals surface area contributed by atoms with E-state index in [2.05, 4.69) is 25.5 Å². The molecule has 0 saturated carbocycles. The summed E-state index contributed by atoms with van der Waals surface area (Å²) >= 11 is 0. The van der Waals surface area contributed by atoms with Gasteiger partial charge in [0.05, 0.1) is 13.5 Å². The summed E-state index contributed by atoms with van der Waals surface area (Å²) in [5, 5.41) is 0. The van der Waals surface area contributed by atoms with Crippen molar-refractivity contribution in [1.82, 2.24) is 0 Å². The highest BCUT2D eigenvalue weighted by Crippen LogP contribution is 2.27. The van der Waals surface area contributed by atoms with Crippen LogP contribution in [0.4, 0.5) is 0 Å². The van der Waals surface area contributed by atoms with Gasteiger partial charge in [0.15, 0.2) is 0 Å². The number of esters is 1. The first kappa shape index (κ1) is 11.8. The number of hydrogen-bond donors (Lipinski definition) is 0. The van der Waals surface area contributed by atoms with Gasteiger partial charge in [-0.05, 0) is 13.0 Å². The quantitative estimate of drug-likeness (QED) is 0.704. The summed E-state index contributed by atoms with van der Waals surface area (Å²) in [5.74, 6) is 1.46. The summed E-state index contributed by atoms with van der Waals surface area (Å²) in [4.78, 5) is 11.1. The van der Waals surface area contributed by atoms with Gasteiger partial charge in [0, 0.05) is 11.0 Å². The molecule has 84 valence electrons. The Hall–Kier alpha value is -1.25. The molecular weight excluding hydrogens is 192 g/mol. The van der Waals surface area contributed by atoms with E-state index in [0.717, 1.165) is 17.1 Å². The minimum Gasteiger partial charge on any atom is -0.469 e. The molecule has 3 nitrogen and oxygen atoms in total. The Bertz CT molecular complexity index is 355. The van der Waals surface area contributed by atoms with Gasteiger partial charge in [-0.25, -0.2) is 0 Å². The molecule has 0 aliphatic heterocycles. The predicted molar refractivity (Wildman–Crippen MR) is 57.9 cm³/mol. The van der Waals surface area contributed by atoms with Gasteiger partial charge in [-0.2, -0.15) is 0 Å². The Balaban J connectivity index is 2.92. The van der Waals surface area contributed by atoms with Crippen molar-refractivity contribution in [2.45, 2.75) is 39.5 Å². The molecule has 0 atom stereocenters. The number of carbonyl (C=O) groups excluding carboxylic acids is 1. The molecule has 1 aromatic heterocycles. The third-order valence-corrected chi connectivity index (χ3v) is 2.32. The van der Waals surface area contributed by atoms with Crippen molar-refractivity contribution in [3.8, 4) is 0 Å². The van der Waals surface area contributed by atoms with E-state index in [0.29, 0.717) is 0 Å². The van der Waals surface area contributed by atoms with E-state index < -0.39 is 0 Å². The molecule has 0 spiro atoms. The second kappa shape index (κ2) is 4.09. The number of ether oxygens (including phenoxy) is 1. The number of furan rings is 1. The molecule has 0 amide bonds. The summed E-state index contributed by atoms with van der Waals surface area (Å²) in [6, 6.07) is 1.94. The molecule has 1 aromatic rings. The molecule has 0 unspecified atom stereocenters. The standard InChI is InChI=1S/C12H18O3/c1-8-9(7-11(13)14-5)6-10(15-8)12(2,3)4/h6H,7H2,1-5H3. The van der Waals surface area contributed by atoms with Gasteiger partial charge < -0.3 is 9.15 Å². The zero-order chi connectivity index (χ0) is 11.6. The Labute approximate surface area is 90.4 Å². The van der Waals surface area contributed by atoms with E-state index in [1.165, 1.54) is 7.11 Å². The van der Waals surface area contributed by atoms with Gasteiger partial charge in [-0.3, -0.25) is 4.79 Å². The molecule has 0 bridgehead atoms. The van der Waals surface area contributed by atoms with Crippen LogP contribution in [0.5, 0.6) is 0 Å². The number of methoxy groups -OCH3 is 1. The Morgan fingerprint density at radius 2 is 2.07 bits per heavy atom. The van der Waals surface area contributed by atoms with E-state index >= 15 is 0 Å². The van der Waals surface area contributed by atoms with Crippen LogP contribution in [-0.2, 0) is 21.4 Å². The van der Waals surface area contributed by atoms with Gasteiger partial charge in [0.1, 0.15) is 11.5 Å². The SMILES string of the molecule is COC(=O)Cc1cc(C(C)(C)C)oc1C. The Morgan fingerprint density at radius 1 is 1.47 bits per heavy atom. The number of rotatable bonds is 2. The first-order valence-electron chi connectivity index (χ1n) is 5.01. The molecule has 0 fully saturated rings. The highest BCUT2D eigenvalue weighted by Gasteiger charge is 2.21. The van der Waals surface area contributed by atoms with Crippen molar-refractivity contribution in [3.05, 3.63) is 23.2 Å². The Kier molecular flexibility index (Phi) is 3.22. The molecule has 0 N–H and O–H groups in total. The van der Waals surface area contributed by atoms with Crippen LogP contribution >= 0.6 is 0 Å². The molecule has 0 saturated heterocycles. The van der Waals surface area contributed by atoms with E-state index in [1.54, 1.807) is 0 Å². The van der Waals surface area contributed by atoms with Crippen LogP contribution in [0.2, 0.25) is 0 Å². The zero-order valence-corrected chi connectivity index (χ0v) is 10.0. The molecular formula is C12H18O3. The van der Waals surface area contributed by atoms with Crippen molar-refractivity contribution in [2.75, 3.05) is 7.11 Å². The van der Waals surface area contributed by atoms with Crippen molar-refractivity contribution < 1.29 is 13.9 Å². The van der Waals surface area contributed by atoms with Crippen LogP contribution in [0.3, 0.4) is 0 Å². The fourth-order valence-electron chi connectivity index (χ4n) is 1.29. The van der Waals surface area contributed by atoms with Gasteiger partial charge in [-0.1, -0.05) is 20.8 Å². The zero-order valence-electron chi connectivity index (χ0n) is 10.0. The lowest BCUT2D eigenvalue weighted by molar-refractivity contribution is -0.139. The van der Waals surface area contributed by atoms with Crippen LogP contribution in [0.1, 0.15) is 37.9 Å². The summed E-state index contributed by atoms with van der Waals surface area (Å²) in [6.07, 6.45) is 0.280. The number of aryl methyl sites for hydroxylation is 1. The predicted octanol–water partition coefficient (Wildman–Crippen LogP) is 2.60. The summed E-state index contributed by atoms with van der Waals surface area (Å²) in [7, 11) is 1.39. The van der Waals surface area contributed by atoms with Crippen molar-refractivity contribution in [3.63, 3.8) is 0 Å². The first-order valence-corrected chi connectivity index (χ1v) is 5.01. The third kappa shape index (κ3) is 2.85. The van der Waals surface area contributed by atoms with Crippen molar-refractivity contribution in [2.24, 2.45) is 0 Å². The summed E-state index contributed by atoms with van der Waals surface area (Å²) in [6.45, 7) is 8.10. The van der Waals surface area contributed by atoms with Crippen LogP contribution in [0.25, 0.3) is 0 Å². The maximum atomic E-state index is 11.1. The van der Waals surface area contributed by atoms with Crippen molar-refractivity contribution >= 4 is 5.97 Å². The molecule has 15 heavy (non-hydrogen) atoms. The van der Waals surface area contributed by atoms with Crippen LogP contribution in [0, 0.1) is 6.92 Å². The summed E-state index contributed by atoms with van der Waals surface area (Å²) < 4.78 is 10.2. The van der Waals surface area contributed by atoms with Gasteiger partial charge in [0.2, 0.25) is 0 Å². The fourth-order valence-corrected chi connectivity index (χ4v) is 1.29. The largest absolute Gasteiger partial charge is 0.469 e. The smallest absolute Gasteiger partial charge is 0.310 e. The molecule has 0 aliphatic carbocycles. The minimum atomic E-state index is -0.237. The Morgan fingerprint density at radius 3 is 2.47 bits per heavy atom. The lowest BCUT2D eigenvalue weighted by atomic mass is 9.93. The highest BCUT2D eigenvalue weighted by molar-refractivity contribution is 5.72. The molecule has 1 heterocycles. The molecule has 0 aliphatic rings. The normalized spacial score (nSPS) is 11.5. The lowest BCUT2D eigenvalue weighted by Crippen LogP contribution is -2.09. The summed E-state index contributed by atoms with van der Waals surface area (Å²) in [5.41, 5.74) is 0.880. The second-order valence-electron chi connectivity index (χ2n) is 4.69. The second-order valence-corrected chi connectivity index (χ2v) is 4.69. The van der Waals surface area contributed by atoms with Crippen LogP contribution < -0.4 is 0 Å². The average Bonchev–Trinajstić information content (AvgIpc) is 2.47. The average molecular weight is 210 g/mol. The highest BCUT2D eigenvalue weighted by atomic mass is 16.5. The van der Waals surface area contributed by atoms with E-state index in [9.17, 15) is 4.79 Å². The third-order valence-electron chi connectivity index (χ3n) is 2.32. The van der Waals surface area contributed by atoms with Gasteiger partial charge >= 0.3 is 5.97 Å². The fraction of sp³-hybridized carbons (Fsp3) is 0.583. The number of carbonyl (C=O) groups is 1. The monoisotopic (exact) mass is 210 g/mol. The van der Waals surface area contributed by atoms with Crippen LogP contribution in [-0.4, -0.2) is 13.1 Å². The minimum absolute atomic E-state index is 0.0286. The first-order chi connectivity index (χ1) is 6.84. The number of hydrogen-bond acceptors (Lipinski definition) is 3. The molecule has 0 aromatic carbocycles. The van der Waals surface area contributed by atoms with E-state index in [-0.39, 0.29) is 17.8 Å². The molecule has 1 rings (SSSR count). The van der Waals surface area contributed by atoms with E-state index in [1.807, 2.05) is 13.0 Å². The maximum absolute atomic E-state index is 11.1. The van der Waals surface area contributed by atoms with E-state index in [4.69, 9.17) is 4.42 Å². The van der Waals surface area contributed by atoms with Crippen molar-refractivity contribution in [1.29, 1.82) is 0 Å². The topological polar surface area (TPSA) is 39.4 Å². The van der Waals surface area contributed by atoms with Crippen LogP contribution in [0.15, 0.2) is 10.5 Å². The van der Waals surface area contributed by atoms with Gasteiger partial charge in [-0.15, -0.1) is 0 Å². The molecule has 0 radical (unpaired) electrons. The molecule has 3 heteroatoms. The lowest BCUT2D eigenvalue weighted by Gasteiger charge is -2.13.